The predicted molar refractivity (Wildman–Crippen MR) is 70.4 cm³/mol. The number of hydrogen-bond acceptors (Lipinski definition) is 4. The van der Waals surface area contributed by atoms with Crippen LogP contribution in [0.1, 0.15) is 20.3 Å². The van der Waals surface area contributed by atoms with Gasteiger partial charge in [0.05, 0.1) is 5.75 Å². The summed E-state index contributed by atoms with van der Waals surface area (Å²) in [5.74, 6) is -1.34. The summed E-state index contributed by atoms with van der Waals surface area (Å²) >= 11 is 0. The molecule has 0 spiro atoms. The zero-order valence-corrected chi connectivity index (χ0v) is 12.0. The molecule has 0 aromatic carbocycles. The van der Waals surface area contributed by atoms with Crippen LogP contribution in [0, 0.1) is 0 Å². The highest BCUT2D eigenvalue weighted by Crippen LogP contribution is 1.93. The van der Waals surface area contributed by atoms with Crippen LogP contribution < -0.4 is 10.0 Å². The van der Waals surface area contributed by atoms with Crippen LogP contribution in [0.5, 0.6) is 0 Å². The molecule has 0 aliphatic carbocycles. The van der Waals surface area contributed by atoms with Crippen LogP contribution in [0.2, 0.25) is 0 Å². The van der Waals surface area contributed by atoms with Gasteiger partial charge < -0.3 is 15.3 Å². The van der Waals surface area contributed by atoms with Crippen molar-refractivity contribution < 1.29 is 23.1 Å². The SMILES string of the molecule is CCCN(CC(=O)O)C(=O)NCCS(=O)(=O)NCC. The lowest BCUT2D eigenvalue weighted by atomic mass is 10.4. The van der Waals surface area contributed by atoms with Crippen LogP contribution >= 0.6 is 0 Å². The number of sulfonamides is 1. The molecule has 112 valence electrons. The fraction of sp³-hybridized carbons (Fsp3) is 0.800. The van der Waals surface area contributed by atoms with E-state index in [1.165, 1.54) is 0 Å². The fourth-order valence-electron chi connectivity index (χ4n) is 1.38. The number of rotatable bonds is 9. The molecule has 0 aromatic rings. The van der Waals surface area contributed by atoms with Crippen molar-refractivity contribution in [1.82, 2.24) is 14.9 Å². The van der Waals surface area contributed by atoms with Gasteiger partial charge in [-0.3, -0.25) is 4.79 Å². The maximum Gasteiger partial charge on any atom is 0.323 e. The zero-order chi connectivity index (χ0) is 14.9. The van der Waals surface area contributed by atoms with Crippen molar-refractivity contribution in [2.24, 2.45) is 0 Å². The lowest BCUT2D eigenvalue weighted by molar-refractivity contribution is -0.137. The molecule has 0 heterocycles. The van der Waals surface area contributed by atoms with Gasteiger partial charge in [0.25, 0.3) is 0 Å². The first-order valence-electron chi connectivity index (χ1n) is 6.04. The number of nitrogens with zero attached hydrogens (tertiary/aromatic N) is 1. The van der Waals surface area contributed by atoms with Crippen LogP contribution in [0.3, 0.4) is 0 Å². The topological polar surface area (TPSA) is 116 Å². The molecule has 3 N–H and O–H groups in total. The Balaban J connectivity index is 4.23. The molecule has 0 aromatic heterocycles. The first-order valence-corrected chi connectivity index (χ1v) is 7.69. The highest BCUT2D eigenvalue weighted by Gasteiger charge is 2.16. The first kappa shape index (κ1) is 17.6. The Morgan fingerprint density at radius 3 is 2.37 bits per heavy atom. The molecule has 0 aliphatic heterocycles. The minimum atomic E-state index is -3.39. The molecule has 8 nitrogen and oxygen atoms in total. The Morgan fingerprint density at radius 1 is 1.26 bits per heavy atom. The number of carbonyl (C=O) groups is 2. The number of urea groups is 1. The molecule has 0 atom stereocenters. The summed E-state index contributed by atoms with van der Waals surface area (Å²) in [4.78, 5) is 23.4. The fourth-order valence-corrected chi connectivity index (χ4v) is 2.34. The van der Waals surface area contributed by atoms with Crippen molar-refractivity contribution in [2.45, 2.75) is 20.3 Å². The average molecular weight is 295 g/mol. The second-order valence-corrected chi connectivity index (χ2v) is 5.79. The van der Waals surface area contributed by atoms with Crippen molar-refractivity contribution in [2.75, 3.05) is 31.9 Å². The van der Waals surface area contributed by atoms with Gasteiger partial charge in [-0.1, -0.05) is 13.8 Å². The molecule has 19 heavy (non-hydrogen) atoms. The lowest BCUT2D eigenvalue weighted by Gasteiger charge is -2.20. The molecular weight excluding hydrogens is 274 g/mol. The molecule has 2 amide bonds. The molecule has 0 bridgehead atoms. The van der Waals surface area contributed by atoms with Gasteiger partial charge in [-0.15, -0.1) is 0 Å². The van der Waals surface area contributed by atoms with Gasteiger partial charge in [0, 0.05) is 19.6 Å². The van der Waals surface area contributed by atoms with Gasteiger partial charge in [-0.05, 0) is 6.42 Å². The molecule has 0 fully saturated rings. The summed E-state index contributed by atoms with van der Waals surface area (Å²) in [6.45, 7) is 3.60. The van der Waals surface area contributed by atoms with Gasteiger partial charge in [0.15, 0.2) is 0 Å². The van der Waals surface area contributed by atoms with E-state index in [-0.39, 0.29) is 18.8 Å². The van der Waals surface area contributed by atoms with E-state index in [9.17, 15) is 18.0 Å². The van der Waals surface area contributed by atoms with Crippen molar-refractivity contribution >= 4 is 22.0 Å². The number of aliphatic carboxylic acids is 1. The lowest BCUT2D eigenvalue weighted by Crippen LogP contribution is -2.45. The molecule has 0 radical (unpaired) electrons. The van der Waals surface area contributed by atoms with E-state index in [1.54, 1.807) is 6.92 Å². The molecule has 0 unspecified atom stereocenters. The van der Waals surface area contributed by atoms with Crippen molar-refractivity contribution in [3.63, 3.8) is 0 Å². The molecule has 0 aliphatic rings. The monoisotopic (exact) mass is 295 g/mol. The predicted octanol–water partition coefficient (Wildman–Crippen LogP) is -0.568. The Labute approximate surface area is 113 Å². The zero-order valence-electron chi connectivity index (χ0n) is 11.2. The smallest absolute Gasteiger partial charge is 0.323 e. The molecule has 0 saturated heterocycles. The third kappa shape index (κ3) is 8.38. The van der Waals surface area contributed by atoms with E-state index in [1.807, 2.05) is 6.92 Å². The van der Waals surface area contributed by atoms with E-state index in [0.29, 0.717) is 13.0 Å². The largest absolute Gasteiger partial charge is 0.480 e. The molecule has 0 rings (SSSR count). The number of carboxylic acids is 1. The van der Waals surface area contributed by atoms with Crippen molar-refractivity contribution in [3.8, 4) is 0 Å². The van der Waals surface area contributed by atoms with Crippen LogP contribution in [0.25, 0.3) is 0 Å². The minimum absolute atomic E-state index is 0.0615. The Morgan fingerprint density at radius 2 is 1.89 bits per heavy atom. The van der Waals surface area contributed by atoms with E-state index in [0.717, 1.165) is 4.90 Å². The summed E-state index contributed by atoms with van der Waals surface area (Å²) in [7, 11) is -3.39. The van der Waals surface area contributed by atoms with Crippen LogP contribution in [-0.4, -0.2) is 62.4 Å². The Hall–Kier alpha value is -1.35. The number of amides is 2. The number of carbonyl (C=O) groups excluding carboxylic acids is 1. The highest BCUT2D eigenvalue weighted by molar-refractivity contribution is 7.89. The van der Waals surface area contributed by atoms with Crippen molar-refractivity contribution in [1.29, 1.82) is 0 Å². The summed E-state index contributed by atoms with van der Waals surface area (Å²) < 4.78 is 24.9. The molecule has 0 saturated carbocycles. The van der Waals surface area contributed by atoms with Gasteiger partial charge in [0.1, 0.15) is 6.54 Å². The second-order valence-electron chi connectivity index (χ2n) is 3.86. The van der Waals surface area contributed by atoms with E-state index >= 15 is 0 Å². The van der Waals surface area contributed by atoms with Crippen molar-refractivity contribution in [3.05, 3.63) is 0 Å². The maximum absolute atomic E-state index is 11.6. The van der Waals surface area contributed by atoms with Crippen LogP contribution in [-0.2, 0) is 14.8 Å². The number of hydrogen-bond donors (Lipinski definition) is 3. The minimum Gasteiger partial charge on any atom is -0.480 e. The third-order valence-corrected chi connectivity index (χ3v) is 3.59. The summed E-state index contributed by atoms with van der Waals surface area (Å²) in [6.07, 6.45) is 0.621. The molecule has 9 heteroatoms. The first-order chi connectivity index (χ1) is 8.82. The summed E-state index contributed by atoms with van der Waals surface area (Å²) in [6, 6.07) is -0.573. The van der Waals surface area contributed by atoms with E-state index < -0.39 is 28.6 Å². The summed E-state index contributed by atoms with van der Waals surface area (Å²) in [5.41, 5.74) is 0. The Kier molecular flexibility index (Phi) is 8.08. The van der Waals surface area contributed by atoms with Crippen LogP contribution in [0.15, 0.2) is 0 Å². The quantitative estimate of drug-likeness (QED) is 0.527. The third-order valence-electron chi connectivity index (χ3n) is 2.12. The van der Waals surface area contributed by atoms with Crippen LogP contribution in [0.4, 0.5) is 4.79 Å². The van der Waals surface area contributed by atoms with E-state index in [2.05, 4.69) is 10.0 Å². The normalized spacial score (nSPS) is 11.1. The summed E-state index contributed by atoms with van der Waals surface area (Å²) in [5, 5.41) is 11.0. The maximum atomic E-state index is 11.6. The number of nitrogens with one attached hydrogen (secondary N) is 2. The number of carboxylic acid groups (broad SMARTS) is 1. The molecular formula is C10H21N3O5S. The van der Waals surface area contributed by atoms with Gasteiger partial charge >= 0.3 is 12.0 Å². The average Bonchev–Trinajstić information content (AvgIpc) is 2.27. The van der Waals surface area contributed by atoms with Gasteiger partial charge in [0.2, 0.25) is 10.0 Å². The standard InChI is InChI=1S/C10H21N3O5S/c1-3-6-13(8-9(14)15)10(16)11-5-7-19(17,18)12-4-2/h12H,3-8H2,1-2H3,(H,11,16)(H,14,15). The van der Waals surface area contributed by atoms with E-state index in [4.69, 9.17) is 5.11 Å². The highest BCUT2D eigenvalue weighted by atomic mass is 32.2. The van der Waals surface area contributed by atoms with Gasteiger partial charge in [-0.2, -0.15) is 0 Å². The Bertz CT molecular complexity index is 396. The van der Waals surface area contributed by atoms with Gasteiger partial charge in [-0.25, -0.2) is 17.9 Å². The second kappa shape index (κ2) is 8.70.